The summed E-state index contributed by atoms with van der Waals surface area (Å²) in [5.41, 5.74) is 0.248. The summed E-state index contributed by atoms with van der Waals surface area (Å²) in [6.07, 6.45) is 1.52. The molecule has 0 aliphatic carbocycles. The van der Waals surface area contributed by atoms with E-state index in [9.17, 15) is 4.79 Å². The third-order valence-corrected chi connectivity index (χ3v) is 3.33. The second-order valence-electron chi connectivity index (χ2n) is 4.55. The summed E-state index contributed by atoms with van der Waals surface area (Å²) in [5.74, 6) is 0.396. The van der Waals surface area contributed by atoms with Crippen LogP contribution in [0.2, 0.25) is 5.02 Å². The van der Waals surface area contributed by atoms with Crippen LogP contribution in [0.15, 0.2) is 48.7 Å². The van der Waals surface area contributed by atoms with Gasteiger partial charge in [-0.1, -0.05) is 29.8 Å². The number of pyridine rings is 2. The number of carbonyl (C=O) groups excluding carboxylic acids is 1. The van der Waals surface area contributed by atoms with Crippen molar-refractivity contribution in [3.8, 4) is 5.88 Å². The molecule has 0 aliphatic heterocycles. The van der Waals surface area contributed by atoms with Crippen molar-refractivity contribution in [2.24, 2.45) is 0 Å². The zero-order chi connectivity index (χ0) is 15.5. The fraction of sp³-hybridized carbons (Fsp3) is 0.0625. The Morgan fingerprint density at radius 3 is 2.82 bits per heavy atom. The standard InChI is InChI=1S/C16H12ClN3O2/c1-22-16-12-5-3-2-4-10(12)8-13(19-16)15(21)20-14-9-11(17)6-7-18-14/h2-9H,1H3,(H,18,20,21). The maximum Gasteiger partial charge on any atom is 0.275 e. The van der Waals surface area contributed by atoms with Gasteiger partial charge in [0.25, 0.3) is 5.91 Å². The zero-order valence-corrected chi connectivity index (χ0v) is 12.5. The summed E-state index contributed by atoms with van der Waals surface area (Å²) >= 11 is 5.87. The maximum absolute atomic E-state index is 12.3. The first kappa shape index (κ1) is 14.3. The number of hydrogen-bond acceptors (Lipinski definition) is 4. The number of halogens is 1. The summed E-state index contributed by atoms with van der Waals surface area (Å²) < 4.78 is 5.26. The number of aromatic nitrogens is 2. The third kappa shape index (κ3) is 2.84. The number of hydrogen-bond donors (Lipinski definition) is 1. The Morgan fingerprint density at radius 2 is 2.05 bits per heavy atom. The maximum atomic E-state index is 12.3. The highest BCUT2D eigenvalue weighted by atomic mass is 35.5. The van der Waals surface area contributed by atoms with E-state index < -0.39 is 0 Å². The summed E-state index contributed by atoms with van der Waals surface area (Å²) in [5, 5.41) is 4.88. The largest absolute Gasteiger partial charge is 0.481 e. The first-order valence-corrected chi connectivity index (χ1v) is 6.92. The Morgan fingerprint density at radius 1 is 1.23 bits per heavy atom. The molecule has 1 N–H and O–H groups in total. The second kappa shape index (κ2) is 5.99. The molecule has 0 bridgehead atoms. The van der Waals surface area contributed by atoms with Crippen LogP contribution in [0.1, 0.15) is 10.5 Å². The van der Waals surface area contributed by atoms with E-state index in [1.54, 1.807) is 18.2 Å². The Labute approximate surface area is 131 Å². The molecular formula is C16H12ClN3O2. The lowest BCUT2D eigenvalue weighted by molar-refractivity contribution is 0.102. The van der Waals surface area contributed by atoms with Gasteiger partial charge in [-0.2, -0.15) is 0 Å². The molecular weight excluding hydrogens is 302 g/mol. The van der Waals surface area contributed by atoms with Crippen LogP contribution in [0.3, 0.4) is 0 Å². The lowest BCUT2D eigenvalue weighted by atomic mass is 10.1. The molecule has 22 heavy (non-hydrogen) atoms. The minimum Gasteiger partial charge on any atom is -0.481 e. The van der Waals surface area contributed by atoms with Crippen LogP contribution in [-0.4, -0.2) is 23.0 Å². The van der Waals surface area contributed by atoms with Crippen LogP contribution < -0.4 is 10.1 Å². The molecule has 0 spiro atoms. The normalized spacial score (nSPS) is 10.5. The molecule has 0 fully saturated rings. The zero-order valence-electron chi connectivity index (χ0n) is 11.7. The number of rotatable bonds is 3. The molecule has 0 unspecified atom stereocenters. The van der Waals surface area contributed by atoms with Crippen molar-refractivity contribution >= 4 is 34.1 Å². The molecule has 0 saturated carbocycles. The first-order valence-electron chi connectivity index (χ1n) is 6.54. The van der Waals surface area contributed by atoms with Gasteiger partial charge in [0.05, 0.1) is 7.11 Å². The fourth-order valence-corrected chi connectivity index (χ4v) is 2.25. The highest BCUT2D eigenvalue weighted by Gasteiger charge is 2.13. The van der Waals surface area contributed by atoms with E-state index in [4.69, 9.17) is 16.3 Å². The van der Waals surface area contributed by atoms with Gasteiger partial charge in [0.2, 0.25) is 5.88 Å². The SMILES string of the molecule is COc1nc(C(=O)Nc2cc(Cl)ccn2)cc2ccccc12. The van der Waals surface area contributed by atoms with E-state index in [-0.39, 0.29) is 11.6 Å². The van der Waals surface area contributed by atoms with Gasteiger partial charge in [-0.05, 0) is 29.7 Å². The van der Waals surface area contributed by atoms with Crippen molar-refractivity contribution in [1.29, 1.82) is 0 Å². The van der Waals surface area contributed by atoms with Crippen LogP contribution in [-0.2, 0) is 0 Å². The summed E-state index contributed by atoms with van der Waals surface area (Å²) in [6.45, 7) is 0. The monoisotopic (exact) mass is 313 g/mol. The number of amides is 1. The fourth-order valence-electron chi connectivity index (χ4n) is 2.09. The number of ether oxygens (including phenoxy) is 1. The van der Waals surface area contributed by atoms with Gasteiger partial charge in [-0.25, -0.2) is 9.97 Å². The van der Waals surface area contributed by atoms with Crippen molar-refractivity contribution in [2.45, 2.75) is 0 Å². The lowest BCUT2D eigenvalue weighted by Crippen LogP contribution is -2.15. The molecule has 5 nitrogen and oxygen atoms in total. The van der Waals surface area contributed by atoms with Gasteiger partial charge in [-0.3, -0.25) is 4.79 Å². The van der Waals surface area contributed by atoms with Crippen molar-refractivity contribution in [3.63, 3.8) is 0 Å². The summed E-state index contributed by atoms with van der Waals surface area (Å²) in [7, 11) is 1.52. The lowest BCUT2D eigenvalue weighted by Gasteiger charge is -2.08. The molecule has 3 aromatic rings. The van der Waals surface area contributed by atoms with E-state index in [0.717, 1.165) is 10.8 Å². The molecule has 6 heteroatoms. The average molecular weight is 314 g/mol. The molecule has 2 aromatic heterocycles. The quantitative estimate of drug-likeness (QED) is 0.803. The summed E-state index contributed by atoms with van der Waals surface area (Å²) in [4.78, 5) is 20.6. The number of anilines is 1. The Kier molecular flexibility index (Phi) is 3.89. The number of methoxy groups -OCH3 is 1. The molecule has 2 heterocycles. The van der Waals surface area contributed by atoms with Crippen molar-refractivity contribution in [2.75, 3.05) is 12.4 Å². The Bertz CT molecular complexity index is 852. The van der Waals surface area contributed by atoms with Gasteiger partial charge in [0, 0.05) is 16.6 Å². The topological polar surface area (TPSA) is 64.1 Å². The van der Waals surface area contributed by atoms with Gasteiger partial charge in [0.15, 0.2) is 0 Å². The predicted octanol–water partition coefficient (Wildman–Crippen LogP) is 3.54. The van der Waals surface area contributed by atoms with Crippen LogP contribution in [0.5, 0.6) is 5.88 Å². The van der Waals surface area contributed by atoms with Gasteiger partial charge in [0.1, 0.15) is 11.5 Å². The van der Waals surface area contributed by atoms with E-state index in [2.05, 4.69) is 15.3 Å². The highest BCUT2D eigenvalue weighted by molar-refractivity contribution is 6.30. The van der Waals surface area contributed by atoms with Crippen LogP contribution in [0.4, 0.5) is 5.82 Å². The number of carbonyl (C=O) groups is 1. The molecule has 1 aromatic carbocycles. The predicted molar refractivity (Wildman–Crippen MR) is 85.5 cm³/mol. The molecule has 0 saturated heterocycles. The Balaban J connectivity index is 1.97. The molecule has 0 aliphatic rings. The number of nitrogens with zero attached hydrogens (tertiary/aromatic N) is 2. The minimum absolute atomic E-state index is 0.248. The highest BCUT2D eigenvalue weighted by Crippen LogP contribution is 2.24. The van der Waals surface area contributed by atoms with Crippen LogP contribution in [0, 0.1) is 0 Å². The third-order valence-electron chi connectivity index (χ3n) is 3.09. The number of fused-ring (bicyclic) bond motifs is 1. The van der Waals surface area contributed by atoms with E-state index >= 15 is 0 Å². The van der Waals surface area contributed by atoms with Crippen molar-refractivity contribution in [1.82, 2.24) is 9.97 Å². The second-order valence-corrected chi connectivity index (χ2v) is 4.99. The minimum atomic E-state index is -0.376. The molecule has 110 valence electrons. The molecule has 3 rings (SSSR count). The van der Waals surface area contributed by atoms with Gasteiger partial charge in [-0.15, -0.1) is 0 Å². The average Bonchev–Trinajstić information content (AvgIpc) is 2.53. The first-order chi connectivity index (χ1) is 10.7. The molecule has 1 amide bonds. The van der Waals surface area contributed by atoms with Gasteiger partial charge >= 0.3 is 0 Å². The van der Waals surface area contributed by atoms with Crippen LogP contribution >= 0.6 is 11.6 Å². The van der Waals surface area contributed by atoms with Crippen LogP contribution in [0.25, 0.3) is 10.8 Å². The molecule has 0 radical (unpaired) electrons. The van der Waals surface area contributed by atoms with Crippen molar-refractivity contribution in [3.05, 3.63) is 59.4 Å². The molecule has 0 atom stereocenters. The van der Waals surface area contributed by atoms with Crippen molar-refractivity contribution < 1.29 is 9.53 Å². The Hall–Kier alpha value is -2.66. The van der Waals surface area contributed by atoms with E-state index in [1.807, 2.05) is 24.3 Å². The smallest absolute Gasteiger partial charge is 0.275 e. The number of benzene rings is 1. The summed E-state index contributed by atoms with van der Waals surface area (Å²) in [6, 6.07) is 12.5. The number of nitrogens with one attached hydrogen (secondary N) is 1. The van der Waals surface area contributed by atoms with E-state index in [1.165, 1.54) is 13.3 Å². The van der Waals surface area contributed by atoms with E-state index in [0.29, 0.717) is 16.7 Å². The van der Waals surface area contributed by atoms with Gasteiger partial charge < -0.3 is 10.1 Å².